The standard InChI is InChI=1S/C38H41Cl2N3O5S/c1-27-13-17-32(18-14-27)43(49(46,47)34-21-19-33(48-2)20-22-34)26-37(44)42(25-29-15-16-30(39)24-35(29)40)36(23-28-9-5-3-6-10-28)38(45)41-31-11-7-4-8-12-31/h3,5-6,9-10,13-22,24,31,36H,4,7-8,11-12,23,25-26H2,1-2H3,(H,41,45). The Bertz CT molecular complexity index is 1830. The van der Waals surface area contributed by atoms with Gasteiger partial charge in [0.25, 0.3) is 10.0 Å². The molecular weight excluding hydrogens is 681 g/mol. The maximum absolute atomic E-state index is 14.7. The van der Waals surface area contributed by atoms with Crippen molar-refractivity contribution in [1.82, 2.24) is 10.2 Å². The number of rotatable bonds is 13. The first-order chi connectivity index (χ1) is 23.5. The lowest BCUT2D eigenvalue weighted by molar-refractivity contribution is -0.140. The van der Waals surface area contributed by atoms with E-state index in [1.54, 1.807) is 54.6 Å². The number of amides is 2. The average molecular weight is 723 g/mol. The van der Waals surface area contributed by atoms with E-state index in [4.69, 9.17) is 27.9 Å². The minimum absolute atomic E-state index is 0.00454. The summed E-state index contributed by atoms with van der Waals surface area (Å²) in [6.45, 7) is 1.29. The van der Waals surface area contributed by atoms with E-state index in [1.807, 2.05) is 37.3 Å². The molecule has 1 fully saturated rings. The van der Waals surface area contributed by atoms with Crippen LogP contribution in [0.1, 0.15) is 48.8 Å². The van der Waals surface area contributed by atoms with Gasteiger partial charge in [-0.15, -0.1) is 0 Å². The first-order valence-corrected chi connectivity index (χ1v) is 18.6. The van der Waals surface area contributed by atoms with Crippen LogP contribution in [0, 0.1) is 6.92 Å². The minimum atomic E-state index is -4.25. The maximum Gasteiger partial charge on any atom is 0.264 e. The number of hydrogen-bond acceptors (Lipinski definition) is 5. The van der Waals surface area contributed by atoms with E-state index in [9.17, 15) is 18.0 Å². The lowest BCUT2D eigenvalue weighted by atomic mass is 9.94. The fourth-order valence-electron chi connectivity index (χ4n) is 6.05. The lowest BCUT2D eigenvalue weighted by Gasteiger charge is -2.35. The normalized spacial score (nSPS) is 14.1. The number of nitrogens with zero attached hydrogens (tertiary/aromatic N) is 2. The first-order valence-electron chi connectivity index (χ1n) is 16.4. The Labute approximate surface area is 299 Å². The van der Waals surface area contributed by atoms with Crippen molar-refractivity contribution in [3.8, 4) is 5.75 Å². The van der Waals surface area contributed by atoms with Gasteiger partial charge in [-0.25, -0.2) is 8.42 Å². The molecule has 49 heavy (non-hydrogen) atoms. The predicted octanol–water partition coefficient (Wildman–Crippen LogP) is 7.59. The Balaban J connectivity index is 1.57. The average Bonchev–Trinajstić information content (AvgIpc) is 3.10. The molecule has 0 aromatic heterocycles. The Kier molecular flexibility index (Phi) is 12.3. The summed E-state index contributed by atoms with van der Waals surface area (Å²) in [5.41, 5.74) is 2.67. The van der Waals surface area contributed by atoms with E-state index in [0.717, 1.165) is 47.5 Å². The molecule has 0 radical (unpaired) electrons. The number of methoxy groups -OCH3 is 1. The number of ether oxygens (including phenoxy) is 1. The van der Waals surface area contributed by atoms with Crippen LogP contribution in [-0.4, -0.2) is 50.9 Å². The van der Waals surface area contributed by atoms with Crippen LogP contribution in [0.15, 0.2) is 102 Å². The smallest absolute Gasteiger partial charge is 0.264 e. The van der Waals surface area contributed by atoms with Crippen molar-refractivity contribution in [1.29, 1.82) is 0 Å². The van der Waals surface area contributed by atoms with Crippen LogP contribution in [0.3, 0.4) is 0 Å². The van der Waals surface area contributed by atoms with Crippen molar-refractivity contribution in [3.05, 3.63) is 124 Å². The first kappa shape index (κ1) is 36.2. The van der Waals surface area contributed by atoms with Crippen LogP contribution in [-0.2, 0) is 32.6 Å². The molecule has 0 spiro atoms. The quantitative estimate of drug-likeness (QED) is 0.154. The van der Waals surface area contributed by atoms with Crippen LogP contribution in [0.5, 0.6) is 5.75 Å². The third kappa shape index (κ3) is 9.35. The molecule has 0 aliphatic heterocycles. The summed E-state index contributed by atoms with van der Waals surface area (Å²) < 4.78 is 34.9. The summed E-state index contributed by atoms with van der Waals surface area (Å²) in [6.07, 6.45) is 5.10. The Morgan fingerprint density at radius 3 is 2.20 bits per heavy atom. The molecule has 8 nitrogen and oxygen atoms in total. The van der Waals surface area contributed by atoms with Crippen LogP contribution in [0.2, 0.25) is 10.0 Å². The molecular formula is C38H41Cl2N3O5S. The van der Waals surface area contributed by atoms with Gasteiger partial charge in [0.15, 0.2) is 0 Å². The molecule has 0 bridgehead atoms. The van der Waals surface area contributed by atoms with Crippen molar-refractivity contribution in [2.75, 3.05) is 18.0 Å². The number of carbonyl (C=O) groups excluding carboxylic acids is 2. The van der Waals surface area contributed by atoms with Gasteiger partial charge in [-0.3, -0.25) is 13.9 Å². The zero-order chi connectivity index (χ0) is 35.0. The minimum Gasteiger partial charge on any atom is -0.497 e. The largest absolute Gasteiger partial charge is 0.497 e. The maximum atomic E-state index is 14.7. The van der Waals surface area contributed by atoms with Gasteiger partial charge in [-0.05, 0) is 79.4 Å². The summed E-state index contributed by atoms with van der Waals surface area (Å²) in [4.78, 5) is 30.4. The highest BCUT2D eigenvalue weighted by atomic mass is 35.5. The predicted molar refractivity (Wildman–Crippen MR) is 195 cm³/mol. The van der Waals surface area contributed by atoms with Gasteiger partial charge in [-0.1, -0.05) is 96.6 Å². The topological polar surface area (TPSA) is 96.0 Å². The van der Waals surface area contributed by atoms with Gasteiger partial charge in [0.1, 0.15) is 18.3 Å². The van der Waals surface area contributed by atoms with Gasteiger partial charge in [-0.2, -0.15) is 0 Å². The summed E-state index contributed by atoms with van der Waals surface area (Å²) >= 11 is 12.8. The summed E-state index contributed by atoms with van der Waals surface area (Å²) in [7, 11) is -2.75. The third-order valence-corrected chi connectivity index (χ3v) is 11.2. The molecule has 1 aliphatic rings. The second-order valence-corrected chi connectivity index (χ2v) is 15.0. The second kappa shape index (κ2) is 16.6. The third-order valence-electron chi connectivity index (χ3n) is 8.83. The Hall–Kier alpha value is -4.05. The number of nitrogens with one attached hydrogen (secondary N) is 1. The highest BCUT2D eigenvalue weighted by Crippen LogP contribution is 2.28. The van der Waals surface area contributed by atoms with E-state index in [-0.39, 0.29) is 29.8 Å². The van der Waals surface area contributed by atoms with Gasteiger partial charge in [0.05, 0.1) is 17.7 Å². The van der Waals surface area contributed by atoms with E-state index < -0.39 is 28.5 Å². The van der Waals surface area contributed by atoms with Crippen molar-refractivity contribution >= 4 is 50.7 Å². The molecule has 1 unspecified atom stereocenters. The number of halogens is 2. The number of benzene rings is 4. The van der Waals surface area contributed by atoms with Gasteiger partial charge in [0.2, 0.25) is 11.8 Å². The van der Waals surface area contributed by atoms with E-state index >= 15 is 0 Å². The van der Waals surface area contributed by atoms with E-state index in [0.29, 0.717) is 27.0 Å². The van der Waals surface area contributed by atoms with Crippen LogP contribution >= 0.6 is 23.2 Å². The number of carbonyl (C=O) groups is 2. The number of sulfonamides is 1. The lowest BCUT2D eigenvalue weighted by Crippen LogP contribution is -2.55. The molecule has 0 heterocycles. The molecule has 0 saturated heterocycles. The molecule has 11 heteroatoms. The van der Waals surface area contributed by atoms with E-state index in [2.05, 4.69) is 5.32 Å². The van der Waals surface area contributed by atoms with Gasteiger partial charge in [0, 0.05) is 29.1 Å². The molecule has 1 atom stereocenters. The number of anilines is 1. The van der Waals surface area contributed by atoms with Crippen molar-refractivity contribution < 1.29 is 22.7 Å². The molecule has 258 valence electrons. The molecule has 2 amide bonds. The van der Waals surface area contributed by atoms with Crippen LogP contribution in [0.25, 0.3) is 0 Å². The Morgan fingerprint density at radius 1 is 0.898 bits per heavy atom. The zero-order valence-corrected chi connectivity index (χ0v) is 30.0. The number of aryl methyl sites for hydroxylation is 1. The van der Waals surface area contributed by atoms with Gasteiger partial charge >= 0.3 is 0 Å². The fourth-order valence-corrected chi connectivity index (χ4v) is 7.93. The number of hydrogen-bond donors (Lipinski definition) is 1. The SMILES string of the molecule is COc1ccc(S(=O)(=O)N(CC(=O)N(Cc2ccc(Cl)cc2Cl)C(Cc2ccccc2)C(=O)NC2CCCCC2)c2ccc(C)cc2)cc1. The van der Waals surface area contributed by atoms with Crippen molar-refractivity contribution in [2.45, 2.75) is 69.0 Å². The Morgan fingerprint density at radius 2 is 1.57 bits per heavy atom. The summed E-state index contributed by atoms with van der Waals surface area (Å²) in [5.74, 6) is -0.367. The zero-order valence-electron chi connectivity index (χ0n) is 27.6. The van der Waals surface area contributed by atoms with Gasteiger partial charge < -0.3 is 15.0 Å². The monoisotopic (exact) mass is 721 g/mol. The van der Waals surface area contributed by atoms with Crippen molar-refractivity contribution in [2.24, 2.45) is 0 Å². The fraction of sp³-hybridized carbons (Fsp3) is 0.316. The van der Waals surface area contributed by atoms with Crippen LogP contribution < -0.4 is 14.4 Å². The molecule has 4 aromatic carbocycles. The molecule has 4 aromatic rings. The molecule has 1 N–H and O–H groups in total. The molecule has 1 aliphatic carbocycles. The van der Waals surface area contributed by atoms with Crippen molar-refractivity contribution in [3.63, 3.8) is 0 Å². The second-order valence-electron chi connectivity index (χ2n) is 12.3. The summed E-state index contributed by atoms with van der Waals surface area (Å²) in [6, 6.07) is 26.4. The highest BCUT2D eigenvalue weighted by Gasteiger charge is 2.35. The highest BCUT2D eigenvalue weighted by molar-refractivity contribution is 7.92. The molecule has 5 rings (SSSR count). The van der Waals surface area contributed by atoms with E-state index in [1.165, 1.54) is 24.1 Å². The molecule has 1 saturated carbocycles. The summed E-state index contributed by atoms with van der Waals surface area (Å²) in [5, 5.41) is 3.97. The van der Waals surface area contributed by atoms with Crippen LogP contribution in [0.4, 0.5) is 5.69 Å².